The molecule has 0 aromatic carbocycles. The number of nitrogens with zero attached hydrogens (tertiary/aromatic N) is 1. The SMILES string of the molecule is CC(C)N1CCCNCC1CO. The molecular formula is C9H20N2O. The first-order valence-electron chi connectivity index (χ1n) is 4.83. The van der Waals surface area contributed by atoms with Crippen LogP contribution in [0.1, 0.15) is 20.3 Å². The number of hydrogen-bond acceptors (Lipinski definition) is 3. The van der Waals surface area contributed by atoms with E-state index in [9.17, 15) is 0 Å². The molecule has 12 heavy (non-hydrogen) atoms. The summed E-state index contributed by atoms with van der Waals surface area (Å²) >= 11 is 0. The van der Waals surface area contributed by atoms with Gasteiger partial charge >= 0.3 is 0 Å². The molecule has 1 rings (SSSR count). The van der Waals surface area contributed by atoms with Crippen molar-refractivity contribution in [2.75, 3.05) is 26.2 Å². The van der Waals surface area contributed by atoms with E-state index in [1.54, 1.807) is 0 Å². The van der Waals surface area contributed by atoms with Crippen LogP contribution in [-0.4, -0.2) is 48.3 Å². The second-order valence-electron chi connectivity index (χ2n) is 3.73. The maximum atomic E-state index is 9.15. The summed E-state index contributed by atoms with van der Waals surface area (Å²) in [5.41, 5.74) is 0. The van der Waals surface area contributed by atoms with Crippen LogP contribution in [0.15, 0.2) is 0 Å². The smallest absolute Gasteiger partial charge is 0.0599 e. The maximum Gasteiger partial charge on any atom is 0.0599 e. The highest BCUT2D eigenvalue weighted by atomic mass is 16.3. The average molecular weight is 172 g/mol. The van der Waals surface area contributed by atoms with E-state index in [1.165, 1.54) is 6.42 Å². The lowest BCUT2D eigenvalue weighted by molar-refractivity contribution is 0.105. The van der Waals surface area contributed by atoms with Crippen LogP contribution in [0.5, 0.6) is 0 Å². The highest BCUT2D eigenvalue weighted by Gasteiger charge is 2.21. The zero-order valence-electron chi connectivity index (χ0n) is 8.08. The second-order valence-corrected chi connectivity index (χ2v) is 3.73. The fraction of sp³-hybridized carbons (Fsp3) is 1.00. The van der Waals surface area contributed by atoms with Gasteiger partial charge in [0.1, 0.15) is 0 Å². The Balaban J connectivity index is 2.51. The molecule has 72 valence electrons. The Bertz CT molecular complexity index is 128. The first-order valence-corrected chi connectivity index (χ1v) is 4.83. The molecule has 0 aliphatic carbocycles. The van der Waals surface area contributed by atoms with E-state index in [-0.39, 0.29) is 6.61 Å². The summed E-state index contributed by atoms with van der Waals surface area (Å²) in [6.07, 6.45) is 1.19. The van der Waals surface area contributed by atoms with Gasteiger partial charge in [-0.3, -0.25) is 4.90 Å². The predicted octanol–water partition coefficient (Wildman–Crippen LogP) is 0.0510. The molecule has 1 heterocycles. The Hall–Kier alpha value is -0.120. The minimum absolute atomic E-state index is 0.269. The zero-order valence-corrected chi connectivity index (χ0v) is 8.08. The van der Waals surface area contributed by atoms with Crippen molar-refractivity contribution in [3.05, 3.63) is 0 Å². The summed E-state index contributed by atoms with van der Waals surface area (Å²) in [5, 5.41) is 12.5. The third kappa shape index (κ3) is 2.44. The predicted molar refractivity (Wildman–Crippen MR) is 50.2 cm³/mol. The lowest BCUT2D eigenvalue weighted by Crippen LogP contribution is -2.45. The van der Waals surface area contributed by atoms with E-state index in [0.29, 0.717) is 12.1 Å². The molecule has 1 atom stereocenters. The van der Waals surface area contributed by atoms with Crippen molar-refractivity contribution >= 4 is 0 Å². The highest BCUT2D eigenvalue weighted by Crippen LogP contribution is 2.08. The van der Waals surface area contributed by atoms with Crippen molar-refractivity contribution in [1.29, 1.82) is 0 Å². The normalized spacial score (nSPS) is 27.5. The molecule has 2 N–H and O–H groups in total. The quantitative estimate of drug-likeness (QED) is 0.618. The molecular weight excluding hydrogens is 152 g/mol. The van der Waals surface area contributed by atoms with Crippen LogP contribution in [0, 0.1) is 0 Å². The van der Waals surface area contributed by atoms with Crippen LogP contribution in [0.3, 0.4) is 0 Å². The molecule has 1 unspecified atom stereocenters. The van der Waals surface area contributed by atoms with Gasteiger partial charge in [0.05, 0.1) is 6.61 Å². The third-order valence-electron chi connectivity index (χ3n) is 2.49. The van der Waals surface area contributed by atoms with Crippen LogP contribution in [0.25, 0.3) is 0 Å². The van der Waals surface area contributed by atoms with E-state index < -0.39 is 0 Å². The second kappa shape index (κ2) is 4.80. The summed E-state index contributed by atoms with van der Waals surface area (Å²) < 4.78 is 0. The molecule has 1 saturated heterocycles. The summed E-state index contributed by atoms with van der Waals surface area (Å²) in [6.45, 7) is 7.76. The molecule has 0 radical (unpaired) electrons. The van der Waals surface area contributed by atoms with Gasteiger partial charge in [-0.25, -0.2) is 0 Å². The highest BCUT2D eigenvalue weighted by molar-refractivity contribution is 4.79. The van der Waals surface area contributed by atoms with Gasteiger partial charge in [0.2, 0.25) is 0 Å². The van der Waals surface area contributed by atoms with Gasteiger partial charge in [-0.2, -0.15) is 0 Å². The molecule has 0 aromatic rings. The molecule has 1 aliphatic heterocycles. The summed E-state index contributed by atoms with van der Waals surface area (Å²) in [7, 11) is 0. The Morgan fingerprint density at radius 3 is 2.92 bits per heavy atom. The Kier molecular flexibility index (Phi) is 3.98. The van der Waals surface area contributed by atoms with E-state index in [0.717, 1.165) is 19.6 Å². The summed E-state index contributed by atoms with van der Waals surface area (Å²) in [4.78, 5) is 2.38. The van der Waals surface area contributed by atoms with Crippen LogP contribution < -0.4 is 5.32 Å². The first-order chi connectivity index (χ1) is 5.75. The number of nitrogens with one attached hydrogen (secondary N) is 1. The zero-order chi connectivity index (χ0) is 8.97. The molecule has 1 fully saturated rings. The Morgan fingerprint density at radius 1 is 1.58 bits per heavy atom. The van der Waals surface area contributed by atoms with Gasteiger partial charge in [0.25, 0.3) is 0 Å². The van der Waals surface area contributed by atoms with Gasteiger partial charge in [0.15, 0.2) is 0 Å². The van der Waals surface area contributed by atoms with Crippen molar-refractivity contribution in [3.63, 3.8) is 0 Å². The van der Waals surface area contributed by atoms with E-state index in [4.69, 9.17) is 5.11 Å². The van der Waals surface area contributed by atoms with Crippen LogP contribution in [-0.2, 0) is 0 Å². The van der Waals surface area contributed by atoms with Gasteiger partial charge in [-0.05, 0) is 26.8 Å². The standard InChI is InChI=1S/C9H20N2O/c1-8(2)11-5-3-4-10-6-9(11)7-12/h8-10,12H,3-7H2,1-2H3. The fourth-order valence-corrected chi connectivity index (χ4v) is 1.80. The monoisotopic (exact) mass is 172 g/mol. The van der Waals surface area contributed by atoms with Crippen molar-refractivity contribution in [3.8, 4) is 0 Å². The average Bonchev–Trinajstić information content (AvgIpc) is 2.27. The van der Waals surface area contributed by atoms with Crippen LogP contribution in [0.4, 0.5) is 0 Å². The van der Waals surface area contributed by atoms with E-state index in [2.05, 4.69) is 24.1 Å². The minimum atomic E-state index is 0.269. The molecule has 3 heteroatoms. The van der Waals surface area contributed by atoms with Crippen LogP contribution >= 0.6 is 0 Å². The fourth-order valence-electron chi connectivity index (χ4n) is 1.80. The van der Waals surface area contributed by atoms with Gasteiger partial charge < -0.3 is 10.4 Å². The lowest BCUT2D eigenvalue weighted by atomic mass is 10.2. The maximum absolute atomic E-state index is 9.15. The van der Waals surface area contributed by atoms with Crippen LogP contribution in [0.2, 0.25) is 0 Å². The van der Waals surface area contributed by atoms with Crippen molar-refractivity contribution < 1.29 is 5.11 Å². The first kappa shape index (κ1) is 9.96. The Morgan fingerprint density at radius 2 is 2.33 bits per heavy atom. The number of rotatable bonds is 2. The van der Waals surface area contributed by atoms with E-state index >= 15 is 0 Å². The van der Waals surface area contributed by atoms with Crippen molar-refractivity contribution in [2.24, 2.45) is 0 Å². The molecule has 0 bridgehead atoms. The molecule has 0 saturated carbocycles. The Labute approximate surface area is 74.8 Å². The molecule has 3 nitrogen and oxygen atoms in total. The molecule has 0 amide bonds. The van der Waals surface area contributed by atoms with Gasteiger partial charge in [0, 0.05) is 25.2 Å². The number of hydrogen-bond donors (Lipinski definition) is 2. The van der Waals surface area contributed by atoms with Gasteiger partial charge in [-0.15, -0.1) is 0 Å². The number of aliphatic hydroxyl groups is 1. The van der Waals surface area contributed by atoms with E-state index in [1.807, 2.05) is 0 Å². The molecule has 0 aromatic heterocycles. The van der Waals surface area contributed by atoms with Crippen molar-refractivity contribution in [2.45, 2.75) is 32.4 Å². The molecule has 1 aliphatic rings. The summed E-state index contributed by atoms with van der Waals surface area (Å²) in [6, 6.07) is 0.856. The lowest BCUT2D eigenvalue weighted by Gasteiger charge is -2.31. The number of aliphatic hydroxyl groups excluding tert-OH is 1. The summed E-state index contributed by atoms with van der Waals surface area (Å²) in [5.74, 6) is 0. The largest absolute Gasteiger partial charge is 0.395 e. The third-order valence-corrected chi connectivity index (χ3v) is 2.49. The minimum Gasteiger partial charge on any atom is -0.395 e. The van der Waals surface area contributed by atoms with Crippen molar-refractivity contribution in [1.82, 2.24) is 10.2 Å². The molecule has 0 spiro atoms. The van der Waals surface area contributed by atoms with Gasteiger partial charge in [-0.1, -0.05) is 0 Å². The topological polar surface area (TPSA) is 35.5 Å².